The number of rotatable bonds is 4. The highest BCUT2D eigenvalue weighted by molar-refractivity contribution is 5.96. The number of para-hydroxylation sites is 1. The Bertz CT molecular complexity index is 1020. The lowest BCUT2D eigenvalue weighted by Gasteiger charge is -2.10. The van der Waals surface area contributed by atoms with Gasteiger partial charge in [-0.05, 0) is 38.1 Å². The second kappa shape index (κ2) is 7.72. The molecule has 0 atom stereocenters. The van der Waals surface area contributed by atoms with Crippen molar-refractivity contribution in [2.24, 2.45) is 5.10 Å². The molecule has 0 aliphatic carbocycles. The summed E-state index contributed by atoms with van der Waals surface area (Å²) in [7, 11) is 0. The summed E-state index contributed by atoms with van der Waals surface area (Å²) in [4.78, 5) is 12.5. The molecule has 4 nitrogen and oxygen atoms in total. The summed E-state index contributed by atoms with van der Waals surface area (Å²) in [5.41, 5.74) is 4.28. The van der Waals surface area contributed by atoms with Crippen LogP contribution in [0.4, 0.5) is 13.2 Å². The minimum atomic E-state index is -4.49. The molecule has 3 aromatic rings. The molecule has 0 spiro atoms. The lowest BCUT2D eigenvalue weighted by atomic mass is 10.1. The van der Waals surface area contributed by atoms with Crippen molar-refractivity contribution in [3.63, 3.8) is 0 Å². The first kappa shape index (κ1) is 19.4. The standard InChI is InChI=1S/C21H18F3N3O/c1-14-12-18(15(2)27(14)17-9-4-3-5-10-17)20(28)26-25-13-16-8-6-7-11-19(16)21(22,23)24/h3-13H,1-2H3,(H,26,28)/b25-13+. The Morgan fingerprint density at radius 2 is 1.68 bits per heavy atom. The molecule has 1 amide bonds. The maximum atomic E-state index is 13.0. The number of hydrogen-bond donors (Lipinski definition) is 1. The Morgan fingerprint density at radius 1 is 1.04 bits per heavy atom. The molecular formula is C21H18F3N3O. The Labute approximate surface area is 160 Å². The fourth-order valence-electron chi connectivity index (χ4n) is 3.06. The number of hydrogen-bond acceptors (Lipinski definition) is 2. The number of aromatic nitrogens is 1. The van der Waals surface area contributed by atoms with Crippen LogP contribution in [0, 0.1) is 13.8 Å². The molecule has 0 saturated heterocycles. The van der Waals surface area contributed by atoms with Crippen LogP contribution in [0.5, 0.6) is 0 Å². The van der Waals surface area contributed by atoms with Crippen LogP contribution in [-0.4, -0.2) is 16.7 Å². The highest BCUT2D eigenvalue weighted by atomic mass is 19.4. The molecule has 0 aliphatic rings. The number of aryl methyl sites for hydroxylation is 1. The lowest BCUT2D eigenvalue weighted by Crippen LogP contribution is -2.19. The summed E-state index contributed by atoms with van der Waals surface area (Å²) >= 11 is 0. The van der Waals surface area contributed by atoms with Crippen molar-refractivity contribution < 1.29 is 18.0 Å². The molecular weight excluding hydrogens is 367 g/mol. The van der Waals surface area contributed by atoms with E-state index in [1.807, 2.05) is 41.8 Å². The zero-order valence-corrected chi connectivity index (χ0v) is 15.3. The number of nitrogens with zero attached hydrogens (tertiary/aromatic N) is 2. The van der Waals surface area contributed by atoms with E-state index in [2.05, 4.69) is 10.5 Å². The SMILES string of the molecule is Cc1cc(C(=O)N/N=C/c2ccccc2C(F)(F)F)c(C)n1-c1ccccc1. The second-order valence-electron chi connectivity index (χ2n) is 6.24. The lowest BCUT2D eigenvalue weighted by molar-refractivity contribution is -0.137. The maximum absolute atomic E-state index is 13.0. The van der Waals surface area contributed by atoms with Gasteiger partial charge in [-0.1, -0.05) is 36.4 Å². The summed E-state index contributed by atoms with van der Waals surface area (Å²) in [5, 5.41) is 3.71. The van der Waals surface area contributed by atoms with Gasteiger partial charge in [0.25, 0.3) is 5.91 Å². The van der Waals surface area contributed by atoms with Crippen LogP contribution < -0.4 is 5.43 Å². The van der Waals surface area contributed by atoms with Gasteiger partial charge in [0.2, 0.25) is 0 Å². The van der Waals surface area contributed by atoms with E-state index in [4.69, 9.17) is 0 Å². The molecule has 3 rings (SSSR count). The van der Waals surface area contributed by atoms with Crippen molar-refractivity contribution in [1.82, 2.24) is 9.99 Å². The molecule has 0 fully saturated rings. The van der Waals surface area contributed by atoms with Crippen molar-refractivity contribution in [3.05, 3.63) is 88.7 Å². The van der Waals surface area contributed by atoms with Crippen LogP contribution >= 0.6 is 0 Å². The van der Waals surface area contributed by atoms with E-state index in [9.17, 15) is 18.0 Å². The third kappa shape index (κ3) is 3.98. The molecule has 1 N–H and O–H groups in total. The maximum Gasteiger partial charge on any atom is 0.417 e. The van der Waals surface area contributed by atoms with Crippen LogP contribution in [0.25, 0.3) is 5.69 Å². The van der Waals surface area contributed by atoms with E-state index in [0.29, 0.717) is 11.3 Å². The van der Waals surface area contributed by atoms with Crippen LogP contribution in [0.3, 0.4) is 0 Å². The molecule has 0 aliphatic heterocycles. The van der Waals surface area contributed by atoms with Gasteiger partial charge in [-0.25, -0.2) is 5.43 Å². The fourth-order valence-corrected chi connectivity index (χ4v) is 3.06. The largest absolute Gasteiger partial charge is 0.417 e. The summed E-state index contributed by atoms with van der Waals surface area (Å²) in [6.45, 7) is 3.68. The van der Waals surface area contributed by atoms with Gasteiger partial charge >= 0.3 is 6.18 Å². The Balaban J connectivity index is 1.81. The van der Waals surface area contributed by atoms with Gasteiger partial charge in [0.05, 0.1) is 17.3 Å². The Kier molecular flexibility index (Phi) is 5.35. The van der Waals surface area contributed by atoms with Crippen molar-refractivity contribution >= 4 is 12.1 Å². The number of carbonyl (C=O) groups excluding carboxylic acids is 1. The highest BCUT2D eigenvalue weighted by Gasteiger charge is 2.32. The normalized spacial score (nSPS) is 11.8. The number of nitrogens with one attached hydrogen (secondary N) is 1. The van der Waals surface area contributed by atoms with Crippen molar-refractivity contribution in [2.75, 3.05) is 0 Å². The van der Waals surface area contributed by atoms with Crippen molar-refractivity contribution in [1.29, 1.82) is 0 Å². The molecule has 0 saturated carbocycles. The van der Waals surface area contributed by atoms with Crippen LogP contribution in [0.1, 0.15) is 32.9 Å². The van der Waals surface area contributed by atoms with Gasteiger partial charge < -0.3 is 4.57 Å². The molecule has 144 valence electrons. The number of carbonyl (C=O) groups is 1. The first-order valence-corrected chi connectivity index (χ1v) is 8.53. The zero-order chi connectivity index (χ0) is 20.3. The van der Waals surface area contributed by atoms with Gasteiger partial charge in [-0.2, -0.15) is 18.3 Å². The molecule has 0 bridgehead atoms. The third-order valence-electron chi connectivity index (χ3n) is 4.33. The average molecular weight is 385 g/mol. The van der Waals surface area contributed by atoms with Crippen molar-refractivity contribution in [2.45, 2.75) is 20.0 Å². The van der Waals surface area contributed by atoms with Crippen LogP contribution in [0.2, 0.25) is 0 Å². The molecule has 2 aromatic carbocycles. The fraction of sp³-hybridized carbons (Fsp3) is 0.143. The molecule has 0 unspecified atom stereocenters. The summed E-state index contributed by atoms with van der Waals surface area (Å²) in [6.07, 6.45) is -3.50. The van der Waals surface area contributed by atoms with Crippen LogP contribution in [-0.2, 0) is 6.18 Å². The number of alkyl halides is 3. The molecule has 1 aromatic heterocycles. The Morgan fingerprint density at radius 3 is 2.36 bits per heavy atom. The first-order valence-electron chi connectivity index (χ1n) is 8.53. The summed E-state index contributed by atoms with van der Waals surface area (Å²) in [5.74, 6) is -0.490. The number of amides is 1. The number of hydrazone groups is 1. The van der Waals surface area contributed by atoms with E-state index < -0.39 is 17.6 Å². The molecule has 0 radical (unpaired) electrons. The molecule has 1 heterocycles. The molecule has 28 heavy (non-hydrogen) atoms. The van der Waals surface area contributed by atoms with E-state index in [0.717, 1.165) is 23.7 Å². The van der Waals surface area contributed by atoms with Gasteiger partial charge in [0, 0.05) is 22.6 Å². The van der Waals surface area contributed by atoms with E-state index in [-0.39, 0.29) is 5.56 Å². The van der Waals surface area contributed by atoms with Crippen LogP contribution in [0.15, 0.2) is 65.8 Å². The first-order chi connectivity index (χ1) is 13.3. The number of benzene rings is 2. The summed E-state index contributed by atoms with van der Waals surface area (Å²) in [6, 6.07) is 16.3. The number of halogens is 3. The quantitative estimate of drug-likeness (QED) is 0.505. The second-order valence-corrected chi connectivity index (χ2v) is 6.24. The third-order valence-corrected chi connectivity index (χ3v) is 4.33. The van der Waals surface area contributed by atoms with Gasteiger partial charge in [-0.15, -0.1) is 0 Å². The monoisotopic (exact) mass is 385 g/mol. The topological polar surface area (TPSA) is 46.4 Å². The highest BCUT2D eigenvalue weighted by Crippen LogP contribution is 2.31. The van der Waals surface area contributed by atoms with Gasteiger partial charge in [0.15, 0.2) is 0 Å². The minimum absolute atomic E-state index is 0.120. The van der Waals surface area contributed by atoms with Crippen molar-refractivity contribution in [3.8, 4) is 5.69 Å². The average Bonchev–Trinajstić information content (AvgIpc) is 2.96. The minimum Gasteiger partial charge on any atom is -0.318 e. The predicted molar refractivity (Wildman–Crippen MR) is 102 cm³/mol. The van der Waals surface area contributed by atoms with Gasteiger partial charge in [0.1, 0.15) is 0 Å². The van der Waals surface area contributed by atoms with E-state index >= 15 is 0 Å². The smallest absolute Gasteiger partial charge is 0.318 e. The van der Waals surface area contributed by atoms with E-state index in [1.165, 1.54) is 18.2 Å². The Hall–Kier alpha value is -3.35. The summed E-state index contributed by atoms with van der Waals surface area (Å²) < 4.78 is 41.0. The zero-order valence-electron chi connectivity index (χ0n) is 15.3. The van der Waals surface area contributed by atoms with Gasteiger partial charge in [-0.3, -0.25) is 4.79 Å². The predicted octanol–water partition coefficient (Wildman–Crippen LogP) is 4.88. The van der Waals surface area contributed by atoms with E-state index in [1.54, 1.807) is 13.0 Å². The molecule has 7 heteroatoms.